The van der Waals surface area contributed by atoms with Gasteiger partial charge in [-0.15, -0.1) is 0 Å². The monoisotopic (exact) mass is 339 g/mol. The average Bonchev–Trinajstić information content (AvgIpc) is 2.43. The molecule has 108 valence electrons. The van der Waals surface area contributed by atoms with E-state index < -0.39 is 6.04 Å². The van der Waals surface area contributed by atoms with Crippen molar-refractivity contribution in [3.05, 3.63) is 28.2 Å². The van der Waals surface area contributed by atoms with Crippen LogP contribution in [0.3, 0.4) is 0 Å². The number of amides is 3. The van der Waals surface area contributed by atoms with Crippen molar-refractivity contribution in [2.45, 2.75) is 26.3 Å². The van der Waals surface area contributed by atoms with Crippen LogP contribution in [0.15, 0.2) is 22.7 Å². The molecule has 1 heterocycles. The molecule has 0 bridgehead atoms. The fourth-order valence-electron chi connectivity index (χ4n) is 2.29. The van der Waals surface area contributed by atoms with Gasteiger partial charge in [-0.1, -0.05) is 28.9 Å². The molecule has 0 saturated carbocycles. The number of urea groups is 1. The molecule has 2 N–H and O–H groups in total. The third-order valence-corrected chi connectivity index (χ3v) is 4.35. The number of nitrogens with zero attached hydrogens (tertiary/aromatic N) is 1. The van der Waals surface area contributed by atoms with Gasteiger partial charge in [0.2, 0.25) is 5.91 Å². The third-order valence-electron chi connectivity index (χ3n) is 3.49. The van der Waals surface area contributed by atoms with E-state index >= 15 is 0 Å². The van der Waals surface area contributed by atoms with Crippen molar-refractivity contribution in [2.75, 3.05) is 18.4 Å². The molecule has 0 spiro atoms. The van der Waals surface area contributed by atoms with E-state index in [4.69, 9.17) is 0 Å². The van der Waals surface area contributed by atoms with Crippen molar-refractivity contribution >= 4 is 33.6 Å². The summed E-state index contributed by atoms with van der Waals surface area (Å²) in [5.74, 6) is -0.0835. The van der Waals surface area contributed by atoms with Crippen LogP contribution in [0.25, 0.3) is 0 Å². The SMILES string of the molecule is CC[C@H]1C(=O)NCCN1C(=O)Nc1cccc(Br)c1C. The number of halogens is 1. The molecule has 1 aromatic carbocycles. The Kier molecular flexibility index (Phi) is 4.65. The van der Waals surface area contributed by atoms with Crippen molar-refractivity contribution in [2.24, 2.45) is 0 Å². The van der Waals surface area contributed by atoms with Crippen molar-refractivity contribution in [1.29, 1.82) is 0 Å². The summed E-state index contributed by atoms with van der Waals surface area (Å²) in [5.41, 5.74) is 1.72. The number of rotatable bonds is 2. The predicted octanol–water partition coefficient (Wildman–Crippen LogP) is 2.50. The van der Waals surface area contributed by atoms with Crippen LogP contribution < -0.4 is 10.6 Å². The normalized spacial score (nSPS) is 18.6. The third kappa shape index (κ3) is 2.95. The molecule has 2 rings (SSSR count). The Morgan fingerprint density at radius 2 is 2.30 bits per heavy atom. The number of benzene rings is 1. The van der Waals surface area contributed by atoms with Gasteiger partial charge in [-0.3, -0.25) is 4.79 Å². The molecular weight excluding hydrogens is 322 g/mol. The maximum absolute atomic E-state index is 12.4. The Morgan fingerprint density at radius 3 is 3.00 bits per heavy atom. The number of piperazine rings is 1. The van der Waals surface area contributed by atoms with Gasteiger partial charge in [-0.25, -0.2) is 4.79 Å². The second kappa shape index (κ2) is 6.26. The Balaban J connectivity index is 2.15. The Bertz CT molecular complexity index is 533. The lowest BCUT2D eigenvalue weighted by Gasteiger charge is -2.34. The summed E-state index contributed by atoms with van der Waals surface area (Å²) < 4.78 is 0.943. The predicted molar refractivity (Wildman–Crippen MR) is 81.7 cm³/mol. The average molecular weight is 340 g/mol. The molecule has 20 heavy (non-hydrogen) atoms. The lowest BCUT2D eigenvalue weighted by molar-refractivity contribution is -0.127. The van der Waals surface area contributed by atoms with E-state index in [1.165, 1.54) is 0 Å². The molecule has 0 radical (unpaired) electrons. The molecule has 1 saturated heterocycles. The van der Waals surface area contributed by atoms with Gasteiger partial charge in [-0.2, -0.15) is 0 Å². The highest BCUT2D eigenvalue weighted by Gasteiger charge is 2.31. The number of nitrogens with one attached hydrogen (secondary N) is 2. The minimum Gasteiger partial charge on any atom is -0.353 e. The zero-order valence-electron chi connectivity index (χ0n) is 11.6. The van der Waals surface area contributed by atoms with Crippen LogP contribution >= 0.6 is 15.9 Å². The van der Waals surface area contributed by atoms with Crippen LogP contribution in [-0.2, 0) is 4.79 Å². The van der Waals surface area contributed by atoms with Gasteiger partial charge in [0.1, 0.15) is 6.04 Å². The van der Waals surface area contributed by atoms with Crippen molar-refractivity contribution in [3.8, 4) is 0 Å². The summed E-state index contributed by atoms with van der Waals surface area (Å²) in [7, 11) is 0. The molecule has 5 nitrogen and oxygen atoms in total. The molecule has 1 aliphatic rings. The van der Waals surface area contributed by atoms with Gasteiger partial charge in [-0.05, 0) is 31.0 Å². The van der Waals surface area contributed by atoms with E-state index in [1.54, 1.807) is 4.90 Å². The molecule has 0 unspecified atom stereocenters. The molecule has 1 fully saturated rings. The first-order chi connectivity index (χ1) is 9.54. The fraction of sp³-hybridized carbons (Fsp3) is 0.429. The van der Waals surface area contributed by atoms with Crippen molar-refractivity contribution in [1.82, 2.24) is 10.2 Å². The molecule has 1 aromatic rings. The highest BCUT2D eigenvalue weighted by molar-refractivity contribution is 9.10. The first-order valence-corrected chi connectivity index (χ1v) is 7.44. The van der Waals surface area contributed by atoms with Crippen LogP contribution in [0, 0.1) is 6.92 Å². The van der Waals surface area contributed by atoms with Gasteiger partial charge < -0.3 is 15.5 Å². The summed E-state index contributed by atoms with van der Waals surface area (Å²) in [5, 5.41) is 5.67. The Hall–Kier alpha value is -1.56. The van der Waals surface area contributed by atoms with Gasteiger partial charge >= 0.3 is 6.03 Å². The highest BCUT2D eigenvalue weighted by atomic mass is 79.9. The molecule has 1 aliphatic heterocycles. The molecule has 3 amide bonds. The standard InChI is InChI=1S/C14H18BrN3O2/c1-3-12-13(19)16-7-8-18(12)14(20)17-11-6-4-5-10(15)9(11)2/h4-6,12H,3,7-8H2,1-2H3,(H,16,19)(H,17,20)/t12-/m0/s1. The van der Waals surface area contributed by atoms with Crippen LogP contribution in [0.5, 0.6) is 0 Å². The summed E-state index contributed by atoms with van der Waals surface area (Å²) in [6.07, 6.45) is 0.608. The molecule has 1 atom stereocenters. The van der Waals surface area contributed by atoms with E-state index in [1.807, 2.05) is 32.0 Å². The van der Waals surface area contributed by atoms with Gasteiger partial charge in [0.15, 0.2) is 0 Å². The summed E-state index contributed by atoms with van der Waals surface area (Å²) in [4.78, 5) is 25.7. The molecular formula is C14H18BrN3O2. The second-order valence-electron chi connectivity index (χ2n) is 4.75. The van der Waals surface area contributed by atoms with Gasteiger partial charge in [0, 0.05) is 23.2 Å². The zero-order chi connectivity index (χ0) is 14.7. The molecule has 0 aromatic heterocycles. The fourth-order valence-corrected chi connectivity index (χ4v) is 2.66. The Morgan fingerprint density at radius 1 is 1.55 bits per heavy atom. The van der Waals surface area contributed by atoms with Crippen LogP contribution in [0.1, 0.15) is 18.9 Å². The Labute approximate surface area is 126 Å². The second-order valence-corrected chi connectivity index (χ2v) is 5.61. The number of carbonyl (C=O) groups is 2. The van der Waals surface area contributed by atoms with E-state index in [9.17, 15) is 9.59 Å². The molecule has 6 heteroatoms. The van der Waals surface area contributed by atoms with Gasteiger partial charge in [0.25, 0.3) is 0 Å². The summed E-state index contributed by atoms with van der Waals surface area (Å²) >= 11 is 3.44. The first-order valence-electron chi connectivity index (χ1n) is 6.65. The first kappa shape index (κ1) is 14.8. The number of hydrogen-bond acceptors (Lipinski definition) is 2. The highest BCUT2D eigenvalue weighted by Crippen LogP contribution is 2.24. The largest absolute Gasteiger partial charge is 0.353 e. The summed E-state index contributed by atoms with van der Waals surface area (Å²) in [6.45, 7) is 4.86. The quantitative estimate of drug-likeness (QED) is 0.869. The van der Waals surface area contributed by atoms with E-state index in [2.05, 4.69) is 26.6 Å². The summed E-state index contributed by atoms with van der Waals surface area (Å²) in [6, 6.07) is 5.02. The van der Waals surface area contributed by atoms with Crippen LogP contribution in [-0.4, -0.2) is 36.0 Å². The smallest absolute Gasteiger partial charge is 0.322 e. The molecule has 0 aliphatic carbocycles. The minimum absolute atomic E-state index is 0.0835. The van der Waals surface area contributed by atoms with E-state index in [-0.39, 0.29) is 11.9 Å². The van der Waals surface area contributed by atoms with Crippen molar-refractivity contribution in [3.63, 3.8) is 0 Å². The van der Waals surface area contributed by atoms with E-state index in [0.717, 1.165) is 15.7 Å². The lowest BCUT2D eigenvalue weighted by atomic mass is 10.1. The van der Waals surface area contributed by atoms with Crippen LogP contribution in [0.2, 0.25) is 0 Å². The maximum atomic E-state index is 12.4. The number of carbonyl (C=O) groups excluding carboxylic acids is 2. The number of anilines is 1. The zero-order valence-corrected chi connectivity index (χ0v) is 13.2. The topological polar surface area (TPSA) is 61.4 Å². The lowest BCUT2D eigenvalue weighted by Crippen LogP contribution is -2.57. The van der Waals surface area contributed by atoms with Crippen LogP contribution in [0.4, 0.5) is 10.5 Å². The maximum Gasteiger partial charge on any atom is 0.322 e. The van der Waals surface area contributed by atoms with Crippen molar-refractivity contribution < 1.29 is 9.59 Å². The van der Waals surface area contributed by atoms with Gasteiger partial charge in [0.05, 0.1) is 0 Å². The van der Waals surface area contributed by atoms with E-state index in [0.29, 0.717) is 19.5 Å². The minimum atomic E-state index is -0.392. The number of hydrogen-bond donors (Lipinski definition) is 2.